The highest BCUT2D eigenvalue weighted by molar-refractivity contribution is 7.98. The van der Waals surface area contributed by atoms with Gasteiger partial charge in [0, 0.05) is 17.0 Å². The second-order valence-electron chi connectivity index (χ2n) is 6.20. The van der Waals surface area contributed by atoms with Gasteiger partial charge in [-0.25, -0.2) is 4.79 Å². The van der Waals surface area contributed by atoms with Crippen molar-refractivity contribution in [2.75, 3.05) is 20.0 Å². The average molecular weight is 476 g/mol. The summed E-state index contributed by atoms with van der Waals surface area (Å²) in [5.74, 6) is 0.431. The Morgan fingerprint density at radius 1 is 1.00 bits per heavy atom. The molecule has 0 aliphatic heterocycles. The number of hydrogen-bond donors (Lipinski definition) is 0. The number of nitro benzene ring substituents is 1. The van der Waals surface area contributed by atoms with Crippen LogP contribution in [0.5, 0.6) is 28.7 Å². The number of esters is 1. The van der Waals surface area contributed by atoms with Gasteiger partial charge in [0.15, 0.2) is 18.1 Å². The van der Waals surface area contributed by atoms with Crippen LogP contribution in [0.15, 0.2) is 65.6 Å². The van der Waals surface area contributed by atoms with Crippen molar-refractivity contribution in [2.24, 2.45) is 0 Å². The van der Waals surface area contributed by atoms with E-state index >= 15 is 0 Å². The zero-order chi connectivity index (χ0) is 23.1. The van der Waals surface area contributed by atoms with Crippen molar-refractivity contribution < 1.29 is 28.7 Å². The monoisotopic (exact) mass is 475 g/mol. The van der Waals surface area contributed by atoms with Gasteiger partial charge in [0.2, 0.25) is 5.75 Å². The number of halogens is 1. The van der Waals surface area contributed by atoms with Gasteiger partial charge in [-0.3, -0.25) is 10.1 Å². The van der Waals surface area contributed by atoms with Crippen LogP contribution in [0.3, 0.4) is 0 Å². The highest BCUT2D eigenvalue weighted by Crippen LogP contribution is 2.40. The van der Waals surface area contributed by atoms with Gasteiger partial charge in [0.05, 0.1) is 17.1 Å². The summed E-state index contributed by atoms with van der Waals surface area (Å²) in [6.07, 6.45) is 1.93. The summed E-state index contributed by atoms with van der Waals surface area (Å²) >= 11 is 7.81. The fourth-order valence-electron chi connectivity index (χ4n) is 2.58. The molecule has 0 saturated heterocycles. The predicted molar refractivity (Wildman–Crippen MR) is 120 cm³/mol. The first-order valence-corrected chi connectivity index (χ1v) is 10.8. The number of ether oxygens (including phenoxy) is 4. The zero-order valence-electron chi connectivity index (χ0n) is 17.1. The maximum Gasteiger partial charge on any atom is 0.343 e. The summed E-state index contributed by atoms with van der Waals surface area (Å²) in [6, 6.07) is 15.9. The highest BCUT2D eigenvalue weighted by atomic mass is 35.5. The number of carbonyl (C=O) groups excluding carboxylic acids is 1. The van der Waals surface area contributed by atoms with Crippen molar-refractivity contribution in [3.05, 3.63) is 75.8 Å². The molecule has 10 heteroatoms. The number of rotatable bonds is 9. The van der Waals surface area contributed by atoms with Gasteiger partial charge in [-0.15, -0.1) is 11.8 Å². The van der Waals surface area contributed by atoms with Gasteiger partial charge in [-0.1, -0.05) is 23.7 Å². The van der Waals surface area contributed by atoms with Crippen LogP contribution in [0.25, 0.3) is 0 Å². The minimum Gasteiger partial charge on any atom is -0.478 e. The molecular weight excluding hydrogens is 458 g/mol. The topological polar surface area (TPSA) is 97.1 Å². The summed E-state index contributed by atoms with van der Waals surface area (Å²) in [4.78, 5) is 23.3. The van der Waals surface area contributed by atoms with E-state index in [4.69, 9.17) is 25.8 Å². The van der Waals surface area contributed by atoms with Crippen LogP contribution in [0.2, 0.25) is 5.02 Å². The molecule has 0 unspecified atom stereocenters. The van der Waals surface area contributed by atoms with Gasteiger partial charge in [0.1, 0.15) is 11.5 Å². The Bertz CT molecular complexity index is 1140. The average Bonchev–Trinajstić information content (AvgIpc) is 2.79. The standard InChI is InChI=1S/C22H18ClNO7S/c1-28-22(25)13-29-19-5-3-4-6-20(19)31-21-11-14(7-9-17(21)24(26)27)30-18-10-8-15(32-2)12-16(18)23/h3-12H,13H2,1-2H3. The minimum atomic E-state index is -0.578. The SMILES string of the molecule is COC(=O)COc1ccccc1Oc1cc(Oc2ccc(SC)cc2Cl)ccc1[N+](=O)[O-]. The lowest BCUT2D eigenvalue weighted by molar-refractivity contribution is -0.385. The summed E-state index contributed by atoms with van der Waals surface area (Å²) in [5, 5.41) is 11.9. The van der Waals surface area contributed by atoms with Gasteiger partial charge >= 0.3 is 11.7 Å². The second-order valence-corrected chi connectivity index (χ2v) is 7.49. The fourth-order valence-corrected chi connectivity index (χ4v) is 3.30. The van der Waals surface area contributed by atoms with E-state index in [-0.39, 0.29) is 35.3 Å². The van der Waals surface area contributed by atoms with Crippen LogP contribution in [0, 0.1) is 10.1 Å². The Hall–Kier alpha value is -3.43. The maximum absolute atomic E-state index is 11.5. The van der Waals surface area contributed by atoms with Gasteiger partial charge < -0.3 is 18.9 Å². The van der Waals surface area contributed by atoms with E-state index < -0.39 is 10.9 Å². The third-order valence-corrected chi connectivity index (χ3v) is 5.16. The van der Waals surface area contributed by atoms with Gasteiger partial charge in [-0.2, -0.15) is 0 Å². The molecule has 0 spiro atoms. The molecule has 166 valence electrons. The van der Waals surface area contributed by atoms with E-state index in [9.17, 15) is 14.9 Å². The fraction of sp³-hybridized carbons (Fsp3) is 0.136. The lowest BCUT2D eigenvalue weighted by atomic mass is 10.2. The van der Waals surface area contributed by atoms with E-state index in [0.29, 0.717) is 10.8 Å². The minimum absolute atomic E-state index is 0.0709. The van der Waals surface area contributed by atoms with Crippen molar-refractivity contribution in [1.29, 1.82) is 0 Å². The summed E-state index contributed by atoms with van der Waals surface area (Å²) in [7, 11) is 1.24. The third kappa shape index (κ3) is 5.83. The van der Waals surface area contributed by atoms with Crippen LogP contribution in [0.1, 0.15) is 0 Å². The molecule has 32 heavy (non-hydrogen) atoms. The summed E-state index contributed by atoms with van der Waals surface area (Å²) in [6.45, 7) is -0.341. The van der Waals surface area contributed by atoms with Crippen LogP contribution in [-0.4, -0.2) is 30.9 Å². The van der Waals surface area contributed by atoms with E-state index in [0.717, 1.165) is 4.90 Å². The Kier molecular flexibility index (Phi) is 7.80. The number of hydrogen-bond acceptors (Lipinski definition) is 8. The maximum atomic E-state index is 11.5. The van der Waals surface area contributed by atoms with Crippen LogP contribution in [-0.2, 0) is 9.53 Å². The van der Waals surface area contributed by atoms with Crippen molar-refractivity contribution in [2.45, 2.75) is 4.90 Å². The van der Waals surface area contributed by atoms with Crippen LogP contribution < -0.4 is 14.2 Å². The number of nitrogens with zero attached hydrogens (tertiary/aromatic N) is 1. The molecular formula is C22H18ClNO7S. The van der Waals surface area contributed by atoms with E-state index in [2.05, 4.69) is 4.74 Å². The summed E-state index contributed by atoms with van der Waals surface area (Å²) in [5.41, 5.74) is -0.274. The van der Waals surface area contributed by atoms with Crippen molar-refractivity contribution in [3.63, 3.8) is 0 Å². The molecule has 0 N–H and O–H groups in total. The Labute approximate surface area is 193 Å². The van der Waals surface area contributed by atoms with Crippen molar-refractivity contribution in [3.8, 4) is 28.7 Å². The van der Waals surface area contributed by atoms with Crippen LogP contribution in [0.4, 0.5) is 5.69 Å². The zero-order valence-corrected chi connectivity index (χ0v) is 18.6. The molecule has 0 atom stereocenters. The van der Waals surface area contributed by atoms with Gasteiger partial charge in [-0.05, 0) is 42.7 Å². The molecule has 0 aliphatic carbocycles. The van der Waals surface area contributed by atoms with E-state index in [1.165, 1.54) is 37.1 Å². The molecule has 0 radical (unpaired) electrons. The number of carbonyl (C=O) groups is 1. The van der Waals surface area contributed by atoms with Crippen molar-refractivity contribution >= 4 is 35.0 Å². The largest absolute Gasteiger partial charge is 0.478 e. The molecule has 8 nitrogen and oxygen atoms in total. The number of benzene rings is 3. The molecule has 0 aromatic heterocycles. The number of thioether (sulfide) groups is 1. The first-order chi connectivity index (χ1) is 15.4. The first-order valence-electron chi connectivity index (χ1n) is 9.17. The smallest absolute Gasteiger partial charge is 0.343 e. The lowest BCUT2D eigenvalue weighted by Gasteiger charge is -2.13. The molecule has 0 heterocycles. The number of methoxy groups -OCH3 is 1. The molecule has 0 bridgehead atoms. The Balaban J connectivity index is 1.90. The molecule has 3 aromatic rings. The molecule has 3 aromatic carbocycles. The Morgan fingerprint density at radius 3 is 2.41 bits per heavy atom. The van der Waals surface area contributed by atoms with E-state index in [1.54, 1.807) is 36.4 Å². The normalized spacial score (nSPS) is 10.3. The highest BCUT2D eigenvalue weighted by Gasteiger charge is 2.20. The quantitative estimate of drug-likeness (QED) is 0.158. The molecule has 0 amide bonds. The Morgan fingerprint density at radius 2 is 1.75 bits per heavy atom. The number of para-hydroxylation sites is 2. The van der Waals surface area contributed by atoms with Gasteiger partial charge in [0.25, 0.3) is 0 Å². The van der Waals surface area contributed by atoms with Crippen molar-refractivity contribution in [1.82, 2.24) is 0 Å². The van der Waals surface area contributed by atoms with Crippen LogP contribution >= 0.6 is 23.4 Å². The molecule has 0 fully saturated rings. The lowest BCUT2D eigenvalue weighted by Crippen LogP contribution is -2.12. The predicted octanol–water partition coefficient (Wildman–Crippen LogP) is 6.11. The summed E-state index contributed by atoms with van der Waals surface area (Å²) < 4.78 is 21.5. The third-order valence-electron chi connectivity index (χ3n) is 4.14. The molecule has 0 aliphatic rings. The van der Waals surface area contributed by atoms with E-state index in [1.807, 2.05) is 12.3 Å². The molecule has 3 rings (SSSR count). The molecule has 0 saturated carbocycles. The second kappa shape index (κ2) is 10.7. The first kappa shape index (κ1) is 23.2. The number of nitro groups is 1.